The molecule has 0 atom stereocenters. The Kier molecular flexibility index (Phi) is 5.32. The molecule has 0 unspecified atom stereocenters. The molecule has 0 aliphatic heterocycles. The van der Waals surface area contributed by atoms with Gasteiger partial charge in [0.05, 0.1) is 17.7 Å². The summed E-state index contributed by atoms with van der Waals surface area (Å²) in [5.41, 5.74) is -0.190. The third-order valence-corrected chi connectivity index (χ3v) is 2.42. The summed E-state index contributed by atoms with van der Waals surface area (Å²) in [4.78, 5) is 23.8. The highest BCUT2D eigenvalue weighted by Crippen LogP contribution is 2.18. The molecule has 0 aliphatic rings. The van der Waals surface area contributed by atoms with Crippen LogP contribution in [-0.2, 0) is 0 Å². The van der Waals surface area contributed by atoms with Crippen LogP contribution in [-0.4, -0.2) is 54.3 Å². The third-order valence-electron chi connectivity index (χ3n) is 2.42. The van der Waals surface area contributed by atoms with E-state index < -0.39 is 11.9 Å². The van der Waals surface area contributed by atoms with E-state index >= 15 is 0 Å². The Morgan fingerprint density at radius 1 is 1.11 bits per heavy atom. The van der Waals surface area contributed by atoms with E-state index in [1.807, 2.05) is 19.0 Å². The second-order valence-electron chi connectivity index (χ2n) is 4.36. The van der Waals surface area contributed by atoms with Crippen molar-refractivity contribution in [2.24, 2.45) is 0 Å². The first-order valence-electron chi connectivity index (χ1n) is 5.79. The number of carboxylic acids is 2. The molecule has 1 aromatic rings. The number of aromatic carboxylic acids is 2. The lowest BCUT2D eigenvalue weighted by atomic mass is 10.1. The van der Waals surface area contributed by atoms with Crippen molar-refractivity contribution in [3.63, 3.8) is 0 Å². The maximum Gasteiger partial charge on any atom is 0.335 e. The maximum atomic E-state index is 10.9. The lowest BCUT2D eigenvalue weighted by molar-refractivity contribution is 0.0696. The lowest BCUT2D eigenvalue weighted by Gasteiger charge is -2.11. The summed E-state index contributed by atoms with van der Waals surface area (Å²) < 4.78 is 5.38. The van der Waals surface area contributed by atoms with Crippen LogP contribution in [0.1, 0.15) is 27.1 Å². The molecule has 0 bridgehead atoms. The quantitative estimate of drug-likeness (QED) is 0.726. The summed E-state index contributed by atoms with van der Waals surface area (Å²) >= 11 is 0. The van der Waals surface area contributed by atoms with Crippen LogP contribution in [0.3, 0.4) is 0 Å². The first-order valence-corrected chi connectivity index (χ1v) is 5.79. The SMILES string of the molecule is CN(C)CCCOc1cc(C(=O)O)cc(C(=O)O)c1. The topological polar surface area (TPSA) is 87.1 Å². The summed E-state index contributed by atoms with van der Waals surface area (Å²) in [6, 6.07) is 3.76. The molecule has 0 saturated heterocycles. The maximum absolute atomic E-state index is 10.9. The van der Waals surface area contributed by atoms with Crippen LogP contribution in [0.15, 0.2) is 18.2 Å². The summed E-state index contributed by atoms with van der Waals surface area (Å²) in [6.07, 6.45) is 0.771. The van der Waals surface area contributed by atoms with E-state index in [2.05, 4.69) is 0 Å². The van der Waals surface area contributed by atoms with Gasteiger partial charge < -0.3 is 19.8 Å². The molecule has 0 spiro atoms. The van der Waals surface area contributed by atoms with E-state index in [1.54, 1.807) is 0 Å². The number of benzene rings is 1. The van der Waals surface area contributed by atoms with Crippen LogP contribution in [0, 0.1) is 0 Å². The fourth-order valence-electron chi connectivity index (χ4n) is 1.50. The van der Waals surface area contributed by atoms with Gasteiger partial charge in [0, 0.05) is 6.54 Å². The Morgan fingerprint density at radius 2 is 1.63 bits per heavy atom. The highest BCUT2D eigenvalue weighted by molar-refractivity contribution is 5.94. The average molecular weight is 267 g/mol. The third kappa shape index (κ3) is 4.97. The average Bonchev–Trinajstić information content (AvgIpc) is 2.34. The normalized spacial score (nSPS) is 10.5. The van der Waals surface area contributed by atoms with Gasteiger partial charge in [0.1, 0.15) is 5.75 Å². The predicted molar refractivity (Wildman–Crippen MR) is 69.0 cm³/mol. The highest BCUT2D eigenvalue weighted by atomic mass is 16.5. The standard InChI is InChI=1S/C13H17NO5/c1-14(2)4-3-5-19-11-7-9(12(15)16)6-10(8-11)13(17)18/h6-8H,3-5H2,1-2H3,(H,15,16)(H,17,18). The zero-order chi connectivity index (χ0) is 14.4. The molecule has 0 heterocycles. The second kappa shape index (κ2) is 6.75. The van der Waals surface area contributed by atoms with E-state index in [0.717, 1.165) is 19.0 Å². The minimum atomic E-state index is -1.18. The smallest absolute Gasteiger partial charge is 0.335 e. The Balaban J connectivity index is 2.76. The first-order chi connectivity index (χ1) is 8.90. The van der Waals surface area contributed by atoms with Crippen LogP contribution in [0.4, 0.5) is 0 Å². The summed E-state index contributed by atoms with van der Waals surface area (Å²) in [7, 11) is 3.88. The van der Waals surface area contributed by atoms with E-state index in [0.29, 0.717) is 6.61 Å². The second-order valence-corrected chi connectivity index (χ2v) is 4.36. The Hall–Kier alpha value is -2.08. The first kappa shape index (κ1) is 15.0. The zero-order valence-electron chi connectivity index (χ0n) is 10.9. The molecule has 0 saturated carbocycles. The lowest BCUT2D eigenvalue weighted by Crippen LogP contribution is -2.15. The van der Waals surface area contributed by atoms with Crippen molar-refractivity contribution in [1.29, 1.82) is 0 Å². The predicted octanol–water partition coefficient (Wildman–Crippen LogP) is 1.41. The van der Waals surface area contributed by atoms with Crippen molar-refractivity contribution >= 4 is 11.9 Å². The van der Waals surface area contributed by atoms with Crippen LogP contribution < -0.4 is 4.74 Å². The van der Waals surface area contributed by atoms with Crippen molar-refractivity contribution in [2.75, 3.05) is 27.2 Å². The van der Waals surface area contributed by atoms with E-state index in [9.17, 15) is 9.59 Å². The van der Waals surface area contributed by atoms with Gasteiger partial charge >= 0.3 is 11.9 Å². The van der Waals surface area contributed by atoms with E-state index in [4.69, 9.17) is 14.9 Å². The minimum absolute atomic E-state index is 0.0949. The number of hydrogen-bond acceptors (Lipinski definition) is 4. The van der Waals surface area contributed by atoms with Gasteiger partial charge in [-0.25, -0.2) is 9.59 Å². The van der Waals surface area contributed by atoms with E-state index in [1.165, 1.54) is 12.1 Å². The Morgan fingerprint density at radius 3 is 2.05 bits per heavy atom. The number of hydrogen-bond donors (Lipinski definition) is 2. The molecule has 19 heavy (non-hydrogen) atoms. The van der Waals surface area contributed by atoms with Gasteiger partial charge in [-0.2, -0.15) is 0 Å². The van der Waals surface area contributed by atoms with Gasteiger partial charge in [-0.1, -0.05) is 0 Å². The van der Waals surface area contributed by atoms with Crippen molar-refractivity contribution < 1.29 is 24.5 Å². The largest absolute Gasteiger partial charge is 0.493 e. The van der Waals surface area contributed by atoms with E-state index in [-0.39, 0.29) is 16.9 Å². The van der Waals surface area contributed by atoms with Crippen LogP contribution in [0.2, 0.25) is 0 Å². The molecule has 6 heteroatoms. The van der Waals surface area contributed by atoms with Gasteiger partial charge in [0.25, 0.3) is 0 Å². The summed E-state index contributed by atoms with van der Waals surface area (Å²) in [5, 5.41) is 17.8. The molecular weight excluding hydrogens is 250 g/mol. The van der Waals surface area contributed by atoms with Crippen LogP contribution >= 0.6 is 0 Å². The number of carboxylic acid groups (broad SMARTS) is 2. The van der Waals surface area contributed by atoms with Crippen LogP contribution in [0.5, 0.6) is 5.75 Å². The molecule has 0 aliphatic carbocycles. The Bertz CT molecular complexity index is 438. The molecule has 0 amide bonds. The minimum Gasteiger partial charge on any atom is -0.493 e. The summed E-state index contributed by atoms with van der Waals surface area (Å²) in [5.74, 6) is -2.10. The monoisotopic (exact) mass is 267 g/mol. The fourth-order valence-corrected chi connectivity index (χ4v) is 1.50. The number of ether oxygens (including phenoxy) is 1. The molecule has 104 valence electrons. The molecule has 1 rings (SSSR count). The number of carbonyl (C=O) groups is 2. The molecule has 0 fully saturated rings. The van der Waals surface area contributed by atoms with Gasteiger partial charge in [0.2, 0.25) is 0 Å². The molecule has 1 aromatic carbocycles. The van der Waals surface area contributed by atoms with Gasteiger partial charge in [-0.15, -0.1) is 0 Å². The molecule has 0 aromatic heterocycles. The molecule has 2 N–H and O–H groups in total. The molecular formula is C13H17NO5. The van der Waals surface area contributed by atoms with Gasteiger partial charge in [0.15, 0.2) is 0 Å². The zero-order valence-corrected chi connectivity index (χ0v) is 10.9. The summed E-state index contributed by atoms with van der Waals surface area (Å²) in [6.45, 7) is 1.24. The van der Waals surface area contributed by atoms with Gasteiger partial charge in [-0.3, -0.25) is 0 Å². The molecule has 0 radical (unpaired) electrons. The fraction of sp³-hybridized carbons (Fsp3) is 0.385. The Labute approximate surface area is 111 Å². The molecule has 6 nitrogen and oxygen atoms in total. The number of rotatable bonds is 7. The van der Waals surface area contributed by atoms with Gasteiger partial charge in [-0.05, 0) is 38.7 Å². The van der Waals surface area contributed by atoms with Crippen molar-refractivity contribution in [3.8, 4) is 5.75 Å². The van der Waals surface area contributed by atoms with Crippen molar-refractivity contribution in [2.45, 2.75) is 6.42 Å². The van der Waals surface area contributed by atoms with Crippen LogP contribution in [0.25, 0.3) is 0 Å². The highest BCUT2D eigenvalue weighted by Gasteiger charge is 2.12. The number of nitrogens with zero attached hydrogens (tertiary/aromatic N) is 1. The van der Waals surface area contributed by atoms with Crippen molar-refractivity contribution in [3.05, 3.63) is 29.3 Å². The van der Waals surface area contributed by atoms with Crippen molar-refractivity contribution in [1.82, 2.24) is 4.90 Å².